The van der Waals surface area contributed by atoms with Crippen LogP contribution >= 0.6 is 0 Å². The Bertz CT molecular complexity index is 3100. The average Bonchev–Trinajstić information content (AvgIpc) is 3.66. The highest BCUT2D eigenvalue weighted by atomic mass is 16.5. The molecule has 10 aromatic rings. The van der Waals surface area contributed by atoms with Crippen molar-refractivity contribution in [2.75, 3.05) is 9.80 Å². The van der Waals surface area contributed by atoms with Crippen LogP contribution in [0.2, 0.25) is 0 Å². The summed E-state index contributed by atoms with van der Waals surface area (Å²) < 4.78 is 13.7. The second-order valence-electron chi connectivity index (χ2n) is 15.3. The molecule has 3 heterocycles. The largest absolute Gasteiger partial charge is 0.458 e. The number of hydrogen-bond acceptors (Lipinski definition) is 4. The second kappa shape index (κ2) is 13.4. The van der Waals surface area contributed by atoms with E-state index in [0.717, 1.165) is 67.3 Å². The molecule has 0 unspecified atom stereocenters. The Balaban J connectivity index is 0.979. The summed E-state index contributed by atoms with van der Waals surface area (Å²) in [5.74, 6) is 1.75. The van der Waals surface area contributed by atoms with Crippen LogP contribution in [-0.2, 0) is 0 Å². The summed E-state index contributed by atoms with van der Waals surface area (Å²) in [4.78, 5) is 4.66. The lowest BCUT2D eigenvalue weighted by atomic mass is 9.34. The molecule has 0 aliphatic carbocycles. The molecule has 0 saturated carbocycles. The molecule has 12 rings (SSSR count). The van der Waals surface area contributed by atoms with Crippen molar-refractivity contribution in [2.45, 2.75) is 0 Å². The number of rotatable bonds is 6. The minimum Gasteiger partial charge on any atom is -0.458 e. The Morgan fingerprint density at radius 1 is 0.390 bits per heavy atom. The highest BCUT2D eigenvalue weighted by Gasteiger charge is 2.42. The third-order valence-electron chi connectivity index (χ3n) is 11.9. The first-order chi connectivity index (χ1) is 29.2. The number of furan rings is 1. The van der Waals surface area contributed by atoms with Crippen molar-refractivity contribution in [3.05, 3.63) is 212 Å². The van der Waals surface area contributed by atoms with Gasteiger partial charge in [-0.15, -0.1) is 0 Å². The van der Waals surface area contributed by atoms with Gasteiger partial charge in [-0.05, 0) is 118 Å². The van der Waals surface area contributed by atoms with Crippen LogP contribution in [0.5, 0.6) is 11.5 Å². The standard InChI is InChI=1S/C54H35BN2O2/c1-4-13-36(14-5-1)38-23-27-41(28-24-38)56(42-29-25-39(26-30-42)37-15-6-2-7-16-37)43-31-32-44-45-34-53-47(35-52(45)59-51(44)33-43)55-46-19-10-11-20-48(46)57(40-17-8-3-9-18-40)49-21-12-22-50(58-53)54(49)55/h1-35H. The normalized spacial score (nSPS) is 12.5. The number of hydrogen-bond donors (Lipinski definition) is 0. The fourth-order valence-corrected chi connectivity index (χ4v) is 9.20. The summed E-state index contributed by atoms with van der Waals surface area (Å²) in [7, 11) is 0. The van der Waals surface area contributed by atoms with E-state index < -0.39 is 0 Å². The lowest BCUT2D eigenvalue weighted by Crippen LogP contribution is -2.59. The quantitative estimate of drug-likeness (QED) is 0.158. The molecule has 0 bridgehead atoms. The molecule has 0 spiro atoms. The summed E-state index contributed by atoms with van der Waals surface area (Å²) >= 11 is 0. The zero-order valence-electron chi connectivity index (χ0n) is 32.0. The van der Waals surface area contributed by atoms with Crippen molar-refractivity contribution in [2.24, 2.45) is 0 Å². The summed E-state index contributed by atoms with van der Waals surface area (Å²) in [6.07, 6.45) is 0. The van der Waals surface area contributed by atoms with Crippen LogP contribution in [0.4, 0.5) is 34.1 Å². The molecular weight excluding hydrogens is 719 g/mol. The zero-order chi connectivity index (χ0) is 38.9. The molecule has 0 amide bonds. The van der Waals surface area contributed by atoms with E-state index in [-0.39, 0.29) is 6.71 Å². The molecule has 276 valence electrons. The van der Waals surface area contributed by atoms with Gasteiger partial charge in [-0.2, -0.15) is 0 Å². The first-order valence-electron chi connectivity index (χ1n) is 20.1. The number of para-hydroxylation sites is 2. The van der Waals surface area contributed by atoms with E-state index in [4.69, 9.17) is 9.15 Å². The number of nitrogens with zero attached hydrogens (tertiary/aromatic N) is 2. The molecule has 2 aliphatic heterocycles. The maximum atomic E-state index is 6.85. The zero-order valence-corrected chi connectivity index (χ0v) is 32.0. The molecule has 0 atom stereocenters. The van der Waals surface area contributed by atoms with Crippen molar-refractivity contribution >= 4 is 79.2 Å². The third-order valence-corrected chi connectivity index (χ3v) is 11.9. The highest BCUT2D eigenvalue weighted by molar-refractivity contribution is 6.99. The van der Waals surface area contributed by atoms with Gasteiger partial charge in [0, 0.05) is 51.0 Å². The van der Waals surface area contributed by atoms with E-state index in [9.17, 15) is 0 Å². The summed E-state index contributed by atoms with van der Waals surface area (Å²) in [6, 6.07) is 75.4. The Morgan fingerprint density at radius 3 is 1.63 bits per heavy atom. The second-order valence-corrected chi connectivity index (χ2v) is 15.3. The van der Waals surface area contributed by atoms with Gasteiger partial charge in [0.25, 0.3) is 6.71 Å². The number of benzene rings is 9. The van der Waals surface area contributed by atoms with Crippen LogP contribution in [0.3, 0.4) is 0 Å². The fraction of sp³-hybridized carbons (Fsp3) is 0. The number of anilines is 6. The van der Waals surface area contributed by atoms with Crippen molar-refractivity contribution in [3.63, 3.8) is 0 Å². The predicted molar refractivity (Wildman–Crippen MR) is 245 cm³/mol. The van der Waals surface area contributed by atoms with Crippen LogP contribution in [0.25, 0.3) is 44.2 Å². The van der Waals surface area contributed by atoms with Crippen LogP contribution in [0, 0.1) is 0 Å². The molecule has 4 nitrogen and oxygen atoms in total. The van der Waals surface area contributed by atoms with Gasteiger partial charge in [-0.3, -0.25) is 0 Å². The van der Waals surface area contributed by atoms with Gasteiger partial charge in [-0.25, -0.2) is 0 Å². The molecule has 9 aromatic carbocycles. The smallest absolute Gasteiger partial charge is 0.256 e. The molecule has 0 N–H and O–H groups in total. The predicted octanol–water partition coefficient (Wildman–Crippen LogP) is 12.8. The lowest BCUT2D eigenvalue weighted by Gasteiger charge is -2.39. The molecule has 0 radical (unpaired) electrons. The van der Waals surface area contributed by atoms with Gasteiger partial charge in [0.2, 0.25) is 0 Å². The van der Waals surface area contributed by atoms with Gasteiger partial charge in [0.1, 0.15) is 22.7 Å². The van der Waals surface area contributed by atoms with Crippen LogP contribution < -0.4 is 30.9 Å². The van der Waals surface area contributed by atoms with E-state index >= 15 is 0 Å². The van der Waals surface area contributed by atoms with Crippen LogP contribution in [-0.4, -0.2) is 6.71 Å². The molecular formula is C54H35BN2O2. The Kier molecular flexibility index (Phi) is 7.60. The van der Waals surface area contributed by atoms with Gasteiger partial charge in [0.05, 0.1) is 0 Å². The number of ether oxygens (including phenoxy) is 1. The third kappa shape index (κ3) is 5.47. The van der Waals surface area contributed by atoms with Crippen LogP contribution in [0.15, 0.2) is 217 Å². The topological polar surface area (TPSA) is 28.9 Å². The SMILES string of the molecule is c1ccc(-c2ccc(N(c3ccc(-c4ccccc4)cc3)c3ccc4c(c3)oc3cc5c(cc34)Oc3cccc4c3B5c3ccccc3N4c3ccccc3)cc2)cc1. The van der Waals surface area contributed by atoms with E-state index in [1.165, 1.54) is 38.9 Å². The molecule has 2 aliphatic rings. The fourth-order valence-electron chi connectivity index (χ4n) is 9.20. The highest BCUT2D eigenvalue weighted by Crippen LogP contribution is 2.43. The Labute approximate surface area is 342 Å². The van der Waals surface area contributed by atoms with Gasteiger partial charge < -0.3 is 19.0 Å². The Hall–Kier alpha value is -7.76. The first kappa shape index (κ1) is 33.4. The maximum absolute atomic E-state index is 6.85. The molecule has 0 saturated heterocycles. The summed E-state index contributed by atoms with van der Waals surface area (Å²) in [6.45, 7) is -0.0116. The minimum atomic E-state index is -0.0116. The lowest BCUT2D eigenvalue weighted by molar-refractivity contribution is 0.488. The Morgan fingerprint density at radius 2 is 0.949 bits per heavy atom. The van der Waals surface area contributed by atoms with E-state index in [2.05, 4.69) is 222 Å². The van der Waals surface area contributed by atoms with E-state index in [1.54, 1.807) is 0 Å². The minimum absolute atomic E-state index is 0.0116. The molecule has 0 fully saturated rings. The first-order valence-corrected chi connectivity index (χ1v) is 20.1. The monoisotopic (exact) mass is 754 g/mol. The van der Waals surface area contributed by atoms with Gasteiger partial charge >= 0.3 is 0 Å². The van der Waals surface area contributed by atoms with E-state index in [0.29, 0.717) is 0 Å². The molecule has 1 aromatic heterocycles. The molecule has 59 heavy (non-hydrogen) atoms. The van der Waals surface area contributed by atoms with Gasteiger partial charge in [0.15, 0.2) is 0 Å². The van der Waals surface area contributed by atoms with Crippen LogP contribution in [0.1, 0.15) is 0 Å². The summed E-state index contributed by atoms with van der Waals surface area (Å²) in [5, 5.41) is 2.08. The number of fused-ring (bicyclic) bond motifs is 7. The summed E-state index contributed by atoms with van der Waals surface area (Å²) in [5.41, 5.74) is 16.5. The maximum Gasteiger partial charge on any atom is 0.256 e. The van der Waals surface area contributed by atoms with Crippen molar-refractivity contribution in [1.82, 2.24) is 0 Å². The van der Waals surface area contributed by atoms with Crippen molar-refractivity contribution in [1.29, 1.82) is 0 Å². The van der Waals surface area contributed by atoms with Crippen molar-refractivity contribution < 1.29 is 9.15 Å². The van der Waals surface area contributed by atoms with Gasteiger partial charge in [-0.1, -0.05) is 127 Å². The molecule has 5 heteroatoms. The van der Waals surface area contributed by atoms with E-state index in [1.807, 2.05) is 0 Å². The average molecular weight is 755 g/mol. The van der Waals surface area contributed by atoms with Crippen molar-refractivity contribution in [3.8, 4) is 33.8 Å².